The fourth-order valence-electron chi connectivity index (χ4n) is 2.15. The molecule has 106 valence electrons. The number of hydrogen-bond donors (Lipinski definition) is 0. The lowest BCUT2D eigenvalue weighted by Gasteiger charge is -2.06. The fourth-order valence-corrected chi connectivity index (χ4v) is 2.98. The van der Waals surface area contributed by atoms with Gasteiger partial charge in [-0.05, 0) is 31.2 Å². The van der Waals surface area contributed by atoms with Crippen LogP contribution in [-0.4, -0.2) is 9.38 Å². The number of aromatic nitrogens is 2. The number of benzene rings is 1. The molecule has 0 aliphatic rings. The maximum Gasteiger partial charge on any atom is 0.258 e. The van der Waals surface area contributed by atoms with Gasteiger partial charge < -0.3 is 0 Å². The molecule has 0 bridgehead atoms. The minimum Gasteiger partial charge on any atom is -0.269 e. The second kappa shape index (κ2) is 5.69. The molecule has 3 aromatic rings. The summed E-state index contributed by atoms with van der Waals surface area (Å²) in [6, 6.07) is 13.6. The van der Waals surface area contributed by atoms with Crippen molar-refractivity contribution in [3.8, 4) is 0 Å². The van der Waals surface area contributed by atoms with Crippen molar-refractivity contribution in [2.45, 2.75) is 17.6 Å². The fraction of sp³-hybridized carbons (Fsp3) is 0.125. The Labute approximate surface area is 125 Å². The molecule has 21 heavy (non-hydrogen) atoms. The van der Waals surface area contributed by atoms with Gasteiger partial charge in [0.1, 0.15) is 11.5 Å². The number of thioether (sulfide) groups is 1. The van der Waals surface area contributed by atoms with E-state index >= 15 is 0 Å². The lowest BCUT2D eigenvalue weighted by Crippen LogP contribution is -2.17. The van der Waals surface area contributed by atoms with E-state index in [1.807, 2.05) is 19.1 Å². The van der Waals surface area contributed by atoms with Crippen molar-refractivity contribution >= 4 is 17.4 Å². The molecule has 0 radical (unpaired) electrons. The highest BCUT2D eigenvalue weighted by Gasteiger charge is 2.06. The number of rotatable bonds is 3. The van der Waals surface area contributed by atoms with Gasteiger partial charge in [0, 0.05) is 22.4 Å². The molecule has 0 N–H and O–H groups in total. The number of nitrogens with zero attached hydrogens (tertiary/aromatic N) is 2. The van der Waals surface area contributed by atoms with Crippen LogP contribution in [0.1, 0.15) is 11.4 Å². The Morgan fingerprint density at radius 3 is 2.81 bits per heavy atom. The lowest BCUT2D eigenvalue weighted by atomic mass is 10.3. The Hall–Kier alpha value is -2.14. The summed E-state index contributed by atoms with van der Waals surface area (Å²) in [5.74, 6) is 0.205. The summed E-state index contributed by atoms with van der Waals surface area (Å²) < 4.78 is 15.1. The van der Waals surface area contributed by atoms with Gasteiger partial charge in [-0.1, -0.05) is 18.2 Å². The minimum absolute atomic E-state index is 0.109. The molecule has 0 saturated heterocycles. The molecule has 0 spiro atoms. The molecule has 0 fully saturated rings. The van der Waals surface area contributed by atoms with E-state index in [2.05, 4.69) is 4.98 Å². The molecule has 3 nitrogen and oxygen atoms in total. The van der Waals surface area contributed by atoms with Gasteiger partial charge in [0.15, 0.2) is 0 Å². The Balaban J connectivity index is 1.92. The molecule has 0 atom stereocenters. The Bertz CT molecular complexity index is 860. The van der Waals surface area contributed by atoms with E-state index in [4.69, 9.17) is 0 Å². The first-order valence-electron chi connectivity index (χ1n) is 6.51. The molecule has 0 amide bonds. The topological polar surface area (TPSA) is 34.4 Å². The molecule has 5 heteroatoms. The van der Waals surface area contributed by atoms with E-state index < -0.39 is 0 Å². The summed E-state index contributed by atoms with van der Waals surface area (Å²) in [4.78, 5) is 17.2. The average molecular weight is 300 g/mol. The van der Waals surface area contributed by atoms with Crippen LogP contribution in [0.2, 0.25) is 0 Å². The molecule has 0 aliphatic carbocycles. The third-order valence-corrected chi connectivity index (χ3v) is 4.23. The highest BCUT2D eigenvalue weighted by molar-refractivity contribution is 7.98. The summed E-state index contributed by atoms with van der Waals surface area (Å²) in [7, 11) is 0. The first kappa shape index (κ1) is 13.8. The normalized spacial score (nSPS) is 11.0. The third kappa shape index (κ3) is 2.83. The van der Waals surface area contributed by atoms with Crippen LogP contribution >= 0.6 is 11.8 Å². The van der Waals surface area contributed by atoms with Crippen molar-refractivity contribution in [3.63, 3.8) is 0 Å². The standard InChI is InChI=1S/C16H13FN2OS/c1-11-5-4-8-15-18-12(9-16(20)19(11)15)10-21-14-7-3-2-6-13(14)17/h2-9H,10H2,1H3. The molecule has 1 aromatic carbocycles. The Morgan fingerprint density at radius 1 is 1.19 bits per heavy atom. The van der Waals surface area contributed by atoms with E-state index in [0.29, 0.717) is 22.0 Å². The average Bonchev–Trinajstić information content (AvgIpc) is 2.46. The maximum absolute atomic E-state index is 13.6. The molecule has 0 unspecified atom stereocenters. The summed E-state index contributed by atoms with van der Waals surface area (Å²) in [6.45, 7) is 1.86. The van der Waals surface area contributed by atoms with Crippen LogP contribution in [0.25, 0.3) is 5.65 Å². The first-order valence-corrected chi connectivity index (χ1v) is 7.49. The van der Waals surface area contributed by atoms with E-state index in [-0.39, 0.29) is 11.4 Å². The lowest BCUT2D eigenvalue weighted by molar-refractivity contribution is 0.602. The number of hydrogen-bond acceptors (Lipinski definition) is 3. The maximum atomic E-state index is 13.6. The van der Waals surface area contributed by atoms with Gasteiger partial charge >= 0.3 is 0 Å². The van der Waals surface area contributed by atoms with Crippen LogP contribution in [0.5, 0.6) is 0 Å². The zero-order valence-electron chi connectivity index (χ0n) is 11.4. The summed E-state index contributed by atoms with van der Waals surface area (Å²) in [5, 5.41) is 0. The highest BCUT2D eigenvalue weighted by Crippen LogP contribution is 2.24. The van der Waals surface area contributed by atoms with E-state index in [1.165, 1.54) is 23.9 Å². The van der Waals surface area contributed by atoms with E-state index in [1.54, 1.807) is 28.7 Å². The van der Waals surface area contributed by atoms with Gasteiger partial charge in [-0.15, -0.1) is 11.8 Å². The Kier molecular flexibility index (Phi) is 3.75. The van der Waals surface area contributed by atoms with Crippen molar-refractivity contribution in [1.29, 1.82) is 0 Å². The molecule has 2 aromatic heterocycles. The van der Waals surface area contributed by atoms with Gasteiger partial charge in [-0.25, -0.2) is 9.37 Å². The number of fused-ring (bicyclic) bond motifs is 1. The van der Waals surface area contributed by atoms with Crippen molar-refractivity contribution in [1.82, 2.24) is 9.38 Å². The Morgan fingerprint density at radius 2 is 2.00 bits per heavy atom. The van der Waals surface area contributed by atoms with Crippen LogP contribution < -0.4 is 5.56 Å². The summed E-state index contributed by atoms with van der Waals surface area (Å²) in [6.07, 6.45) is 0. The predicted molar refractivity (Wildman–Crippen MR) is 82.2 cm³/mol. The van der Waals surface area contributed by atoms with Crippen LogP contribution in [0.3, 0.4) is 0 Å². The molecular formula is C16H13FN2OS. The van der Waals surface area contributed by atoms with Gasteiger partial charge in [0.25, 0.3) is 5.56 Å². The second-order valence-electron chi connectivity index (χ2n) is 4.67. The largest absolute Gasteiger partial charge is 0.269 e. The van der Waals surface area contributed by atoms with Gasteiger partial charge in [0.2, 0.25) is 0 Å². The van der Waals surface area contributed by atoms with E-state index in [9.17, 15) is 9.18 Å². The summed E-state index contributed by atoms with van der Waals surface area (Å²) in [5.41, 5.74) is 2.01. The zero-order valence-corrected chi connectivity index (χ0v) is 12.2. The van der Waals surface area contributed by atoms with Gasteiger partial charge in [-0.3, -0.25) is 9.20 Å². The van der Waals surface area contributed by atoms with Gasteiger partial charge in [0.05, 0.1) is 5.69 Å². The van der Waals surface area contributed by atoms with Crippen LogP contribution in [0, 0.1) is 12.7 Å². The quantitative estimate of drug-likeness (QED) is 0.695. The molecule has 0 aliphatic heterocycles. The van der Waals surface area contributed by atoms with Crippen LogP contribution in [-0.2, 0) is 5.75 Å². The molecular weight excluding hydrogens is 287 g/mol. The molecule has 2 heterocycles. The van der Waals surface area contributed by atoms with Gasteiger partial charge in [-0.2, -0.15) is 0 Å². The zero-order chi connectivity index (χ0) is 14.8. The monoisotopic (exact) mass is 300 g/mol. The SMILES string of the molecule is Cc1cccc2nc(CSc3ccccc3F)cc(=O)n12. The highest BCUT2D eigenvalue weighted by atomic mass is 32.2. The molecule has 3 rings (SSSR count). The van der Waals surface area contributed by atoms with Crippen molar-refractivity contribution in [2.24, 2.45) is 0 Å². The van der Waals surface area contributed by atoms with Crippen LogP contribution in [0.4, 0.5) is 4.39 Å². The third-order valence-electron chi connectivity index (χ3n) is 3.15. The van der Waals surface area contributed by atoms with Crippen molar-refractivity contribution < 1.29 is 4.39 Å². The predicted octanol–water partition coefficient (Wildman–Crippen LogP) is 3.43. The van der Waals surface area contributed by atoms with Crippen molar-refractivity contribution in [3.05, 3.63) is 76.1 Å². The number of aryl methyl sites for hydroxylation is 1. The minimum atomic E-state index is -0.254. The number of pyridine rings is 1. The van der Waals surface area contributed by atoms with E-state index in [0.717, 1.165) is 5.69 Å². The first-order chi connectivity index (χ1) is 10.1. The smallest absolute Gasteiger partial charge is 0.258 e. The second-order valence-corrected chi connectivity index (χ2v) is 5.68. The van der Waals surface area contributed by atoms with Crippen LogP contribution in [0.15, 0.2) is 58.2 Å². The number of halogens is 1. The van der Waals surface area contributed by atoms with Crippen molar-refractivity contribution in [2.75, 3.05) is 0 Å². The molecule has 0 saturated carbocycles. The summed E-state index contributed by atoms with van der Waals surface area (Å²) >= 11 is 1.34.